The van der Waals surface area contributed by atoms with Gasteiger partial charge in [-0.2, -0.15) is 0 Å². The van der Waals surface area contributed by atoms with E-state index in [0.29, 0.717) is 37.5 Å². The fourth-order valence-corrected chi connectivity index (χ4v) is 7.32. The average molecular weight is 730 g/mol. The van der Waals surface area contributed by atoms with Gasteiger partial charge in [0.15, 0.2) is 10.3 Å². The third kappa shape index (κ3) is 8.06. The number of pyridine rings is 2. The number of nitrogens with one attached hydrogen (secondary N) is 2. The van der Waals surface area contributed by atoms with E-state index in [-0.39, 0.29) is 11.5 Å². The van der Waals surface area contributed by atoms with E-state index in [2.05, 4.69) is 29.9 Å². The van der Waals surface area contributed by atoms with Crippen molar-refractivity contribution >= 4 is 78.2 Å². The maximum absolute atomic E-state index is 12.6. The van der Waals surface area contributed by atoms with E-state index >= 15 is 0 Å². The second-order valence-corrected chi connectivity index (χ2v) is 14.4. The average Bonchev–Trinajstić information content (AvgIpc) is 3.70. The number of halogens is 2. The number of hydrogen-bond acceptors (Lipinski definition) is 10. The fourth-order valence-electron chi connectivity index (χ4n) is 4.61. The minimum Gasteiger partial charge on any atom is -0.497 e. The molecule has 2 atom stereocenters. The number of aromatic amines is 2. The highest BCUT2D eigenvalue weighted by Gasteiger charge is 2.17. The van der Waals surface area contributed by atoms with Crippen LogP contribution < -0.4 is 19.3 Å². The van der Waals surface area contributed by atoms with Crippen molar-refractivity contribution in [2.75, 3.05) is 52.2 Å². The number of rotatable bonds is 10. The molecule has 16 heteroatoms. The number of imidazole rings is 2. The molecule has 4 aromatic heterocycles. The van der Waals surface area contributed by atoms with E-state index in [9.17, 15) is 8.42 Å². The van der Waals surface area contributed by atoms with Gasteiger partial charge in [0.25, 0.3) is 0 Å². The molecule has 0 radical (unpaired) electrons. The lowest BCUT2D eigenvalue weighted by atomic mass is 10.3. The molecule has 0 spiro atoms. The van der Waals surface area contributed by atoms with Crippen molar-refractivity contribution in [3.8, 4) is 11.5 Å². The first-order chi connectivity index (χ1) is 23.0. The summed E-state index contributed by atoms with van der Waals surface area (Å²) in [5, 5.41) is 1.88. The highest BCUT2D eigenvalue weighted by molar-refractivity contribution is 7.84. The van der Waals surface area contributed by atoms with Gasteiger partial charge in [0.05, 0.1) is 102 Å². The summed E-state index contributed by atoms with van der Waals surface area (Å²) in [5.74, 6) is 1.89. The minimum absolute atomic E-state index is 0.192. The van der Waals surface area contributed by atoms with Crippen LogP contribution in [0, 0.1) is 0 Å². The summed E-state index contributed by atoms with van der Waals surface area (Å²) in [5.41, 5.74) is 6.01. The lowest BCUT2D eigenvalue weighted by Gasteiger charge is -2.15. The van der Waals surface area contributed by atoms with Gasteiger partial charge >= 0.3 is 0 Å². The number of anilines is 2. The van der Waals surface area contributed by atoms with Crippen LogP contribution in [0.25, 0.3) is 22.1 Å². The molecule has 0 saturated heterocycles. The lowest BCUT2D eigenvalue weighted by molar-refractivity contribution is 0.415. The number of aromatic nitrogens is 6. The molecular weight excluding hydrogens is 695 g/mol. The number of hydrogen-bond donors (Lipinski definition) is 2. The van der Waals surface area contributed by atoms with Crippen molar-refractivity contribution in [3.63, 3.8) is 0 Å². The minimum atomic E-state index is -1.38. The number of ether oxygens (including phenoxy) is 2. The van der Waals surface area contributed by atoms with Crippen LogP contribution in [-0.2, 0) is 33.1 Å². The van der Waals surface area contributed by atoms with E-state index in [0.717, 1.165) is 39.2 Å². The summed E-state index contributed by atoms with van der Waals surface area (Å²) in [6.45, 7) is 0. The summed E-state index contributed by atoms with van der Waals surface area (Å²) in [4.78, 5) is 27.2. The molecule has 6 aromatic rings. The molecule has 4 heterocycles. The van der Waals surface area contributed by atoms with E-state index < -0.39 is 21.6 Å². The first-order valence-corrected chi connectivity index (χ1v) is 17.8. The molecule has 12 nitrogen and oxygen atoms in total. The third-order valence-corrected chi connectivity index (χ3v) is 10.2. The molecule has 0 aliphatic rings. The Morgan fingerprint density at radius 1 is 0.729 bits per heavy atom. The molecule has 0 saturated carbocycles. The monoisotopic (exact) mass is 728 g/mol. The van der Waals surface area contributed by atoms with Gasteiger partial charge in [-0.1, -0.05) is 23.2 Å². The number of H-pyrrole nitrogens is 2. The third-order valence-electron chi connectivity index (χ3n) is 7.11. The molecule has 2 N–H and O–H groups in total. The Balaban J connectivity index is 0.000000188. The van der Waals surface area contributed by atoms with Gasteiger partial charge in [-0.3, -0.25) is 18.4 Å². The Morgan fingerprint density at radius 2 is 1.27 bits per heavy atom. The standard InChI is InChI=1S/2C16H17ClN4O2S/c1-21(2)15-6-10(18-8-12(15)17)9-24(22)16-19-13-5-4-11(23-3)7-14(13)20-16;1-21(2)14-6-7-18-13(15(14)17)9-24(22)16-19-11-5-4-10(23-3)8-12(11)20-16/h2*4-8H,9H2,1-3H3,(H,19,20). The van der Waals surface area contributed by atoms with Crippen LogP contribution in [0.5, 0.6) is 11.5 Å². The van der Waals surface area contributed by atoms with E-state index in [1.807, 2.05) is 86.5 Å². The molecule has 252 valence electrons. The smallest absolute Gasteiger partial charge is 0.197 e. The van der Waals surface area contributed by atoms with Crippen molar-refractivity contribution < 1.29 is 17.9 Å². The van der Waals surface area contributed by atoms with Crippen LogP contribution in [0.1, 0.15) is 11.4 Å². The summed E-state index contributed by atoms with van der Waals surface area (Å²) in [6, 6.07) is 14.6. The Hall–Kier alpha value is -4.24. The molecule has 0 aliphatic carbocycles. The molecule has 0 aliphatic heterocycles. The maximum Gasteiger partial charge on any atom is 0.197 e. The molecule has 6 rings (SSSR count). The normalized spacial score (nSPS) is 12.3. The second-order valence-electron chi connectivity index (χ2n) is 10.8. The van der Waals surface area contributed by atoms with Crippen molar-refractivity contribution in [1.82, 2.24) is 29.9 Å². The quantitative estimate of drug-likeness (QED) is 0.173. The van der Waals surface area contributed by atoms with Gasteiger partial charge in [0.2, 0.25) is 0 Å². The molecular formula is C32H34Cl2N8O4S2. The number of methoxy groups -OCH3 is 2. The van der Waals surface area contributed by atoms with Crippen LogP contribution in [0.2, 0.25) is 10.0 Å². The largest absolute Gasteiger partial charge is 0.497 e. The van der Waals surface area contributed by atoms with E-state index in [1.165, 1.54) is 0 Å². The molecule has 0 fully saturated rings. The molecule has 0 amide bonds. The second kappa shape index (κ2) is 15.3. The number of nitrogens with zero attached hydrogens (tertiary/aromatic N) is 6. The maximum atomic E-state index is 12.6. The number of fused-ring (bicyclic) bond motifs is 2. The van der Waals surface area contributed by atoms with E-state index in [1.54, 1.807) is 26.6 Å². The zero-order valence-corrected chi connectivity index (χ0v) is 30.2. The highest BCUT2D eigenvalue weighted by Crippen LogP contribution is 2.29. The van der Waals surface area contributed by atoms with Crippen LogP contribution in [0.15, 0.2) is 71.2 Å². The molecule has 0 bridgehead atoms. The van der Waals surface area contributed by atoms with E-state index in [4.69, 9.17) is 32.7 Å². The van der Waals surface area contributed by atoms with Gasteiger partial charge in [-0.25, -0.2) is 9.97 Å². The van der Waals surface area contributed by atoms with Gasteiger partial charge < -0.3 is 29.2 Å². The van der Waals surface area contributed by atoms with Crippen LogP contribution in [-0.4, -0.2) is 80.7 Å². The van der Waals surface area contributed by atoms with Crippen molar-refractivity contribution in [1.29, 1.82) is 0 Å². The summed E-state index contributed by atoms with van der Waals surface area (Å²) < 4.78 is 35.6. The highest BCUT2D eigenvalue weighted by atomic mass is 35.5. The summed E-state index contributed by atoms with van der Waals surface area (Å²) in [6.07, 6.45) is 3.24. The zero-order chi connectivity index (χ0) is 34.5. The molecule has 2 unspecified atom stereocenters. The van der Waals surface area contributed by atoms with Crippen LogP contribution in [0.3, 0.4) is 0 Å². The van der Waals surface area contributed by atoms with Crippen molar-refractivity contribution in [2.24, 2.45) is 0 Å². The first-order valence-electron chi connectivity index (χ1n) is 14.4. The Morgan fingerprint density at radius 3 is 1.79 bits per heavy atom. The lowest BCUT2D eigenvalue weighted by Crippen LogP contribution is -2.11. The SMILES string of the molecule is COc1ccc2nc(S(=O)Cc3cc(N(C)C)c(Cl)cn3)[nH]c2c1.COc1ccc2nc(S(=O)Cc3nccc(N(C)C)c3Cl)[nH]c2c1. The zero-order valence-electron chi connectivity index (χ0n) is 27.1. The van der Waals surface area contributed by atoms with Crippen molar-refractivity contribution in [3.05, 3.63) is 82.4 Å². The molecule has 48 heavy (non-hydrogen) atoms. The fraction of sp³-hybridized carbons (Fsp3) is 0.250. The van der Waals surface area contributed by atoms with Crippen LogP contribution in [0.4, 0.5) is 11.4 Å². The van der Waals surface area contributed by atoms with Crippen LogP contribution >= 0.6 is 23.2 Å². The Bertz CT molecular complexity index is 2110. The van der Waals surface area contributed by atoms with Gasteiger partial charge in [-0.05, 0) is 36.4 Å². The Kier molecular flexibility index (Phi) is 11.2. The summed E-state index contributed by atoms with van der Waals surface area (Å²) in [7, 11) is 8.08. The predicted octanol–water partition coefficient (Wildman–Crippen LogP) is 5.99. The van der Waals surface area contributed by atoms with Gasteiger partial charge in [0.1, 0.15) is 11.5 Å². The number of benzene rings is 2. The van der Waals surface area contributed by atoms with Gasteiger partial charge in [0, 0.05) is 52.7 Å². The summed E-state index contributed by atoms with van der Waals surface area (Å²) >= 11 is 12.5. The first kappa shape index (κ1) is 35.1. The van der Waals surface area contributed by atoms with Gasteiger partial charge in [-0.15, -0.1) is 0 Å². The van der Waals surface area contributed by atoms with Crippen molar-refractivity contribution in [2.45, 2.75) is 21.8 Å². The molecule has 2 aromatic carbocycles. The Labute approximate surface area is 292 Å². The topological polar surface area (TPSA) is 142 Å². The predicted molar refractivity (Wildman–Crippen MR) is 193 cm³/mol.